The molecule has 11 rings (SSSR count). The fraction of sp³-hybridized carbons (Fsp3) is 0.697. The van der Waals surface area contributed by atoms with Gasteiger partial charge in [-0.3, -0.25) is 19.4 Å². The summed E-state index contributed by atoms with van der Waals surface area (Å²) in [6, 6.07) is 7.25. The molecule has 2 aliphatic heterocycles. The molecule has 0 amide bonds. The van der Waals surface area contributed by atoms with E-state index in [0.717, 1.165) is 30.4 Å². The molecule has 6 fully saturated rings. The monoisotopic (exact) mass is 1210 g/mol. The number of ketones is 2. The molecule has 23 unspecified atom stereocenters. The van der Waals surface area contributed by atoms with Crippen LogP contribution < -0.4 is 16.8 Å². The van der Waals surface area contributed by atoms with Crippen LogP contribution in [0.1, 0.15) is 141 Å². The standard InChI is InChI=1S/C66H91N5O12S2/c1-5-51-53(54(61(80)83-51)39-18-21-69-29-39)37-7-6-8-38-27-66(82)56-47(63(3)28-50(76)58(78)46-33-85-84-32-41(35-11-14-42(74)15-12-35)25-49(75)48(31-73)71-57(56)59(79)55(46)63)17-19-65(66,20-22-70-62(67)68)60(38)64(4,81)52(77)26-40(30-72)43-16-13-36-10-9-34(2)23-44(36)45(43)24-37/h11-15,18,21,29,34,37-38,40-41,43-48,50-55,58,60,69,71-74,76-78,81-82H,5,8-10,16-17,19-20,22-28,30-33H2,1-4H3,(H4,67,68,70). The van der Waals surface area contributed by atoms with Crippen molar-refractivity contribution in [3.05, 3.63) is 76.8 Å². The number of aliphatic imine (C=N–C) groups is 1. The first kappa shape index (κ1) is 62.3. The fourth-order valence-corrected chi connectivity index (χ4v) is 22.2. The van der Waals surface area contributed by atoms with Crippen molar-refractivity contribution in [2.75, 3.05) is 31.3 Å². The van der Waals surface area contributed by atoms with Crippen LogP contribution in [-0.4, -0.2) is 142 Å². The maximum Gasteiger partial charge on any atom is 0.314 e. The molecule has 0 radical (unpaired) electrons. The number of cyclic esters (lactones) is 1. The summed E-state index contributed by atoms with van der Waals surface area (Å²) in [5.74, 6) is 1.43. The van der Waals surface area contributed by atoms with Crippen LogP contribution in [0.2, 0.25) is 0 Å². The molecule has 7 aliphatic carbocycles. The fourth-order valence-electron chi connectivity index (χ4n) is 19.4. The van der Waals surface area contributed by atoms with Crippen LogP contribution >= 0.6 is 21.6 Å². The van der Waals surface area contributed by atoms with Crippen molar-refractivity contribution in [2.24, 2.45) is 98.3 Å². The lowest BCUT2D eigenvalue weighted by atomic mass is 9.43. The molecule has 2 bridgehead atoms. The van der Waals surface area contributed by atoms with Gasteiger partial charge in [0, 0.05) is 90.8 Å². The lowest BCUT2D eigenvalue weighted by Gasteiger charge is -2.63. The van der Waals surface area contributed by atoms with Crippen molar-refractivity contribution in [3.63, 3.8) is 0 Å². The highest BCUT2D eigenvalue weighted by Gasteiger charge is 2.75. The number of hydrogen-bond acceptors (Lipinski definition) is 16. The molecule has 1 aromatic heterocycles. The Bertz CT molecular complexity index is 2960. The van der Waals surface area contributed by atoms with E-state index in [0.29, 0.717) is 42.9 Å². The molecule has 1 aromatic carbocycles. The molecule has 3 heterocycles. The van der Waals surface area contributed by atoms with Gasteiger partial charge in [0.15, 0.2) is 17.5 Å². The molecular weight excluding hydrogens is 1120 g/mol. The van der Waals surface area contributed by atoms with Crippen LogP contribution in [-0.2, 0) is 19.1 Å². The molecule has 85 heavy (non-hydrogen) atoms. The maximum atomic E-state index is 16.2. The summed E-state index contributed by atoms with van der Waals surface area (Å²) in [5, 5.41) is 103. The van der Waals surface area contributed by atoms with Gasteiger partial charge in [-0.1, -0.05) is 72.1 Å². The number of carbonyl (C=O) groups is 3. The number of H-pyrrole nitrogens is 1. The molecule has 17 nitrogen and oxygen atoms in total. The average molecular weight is 1210 g/mol. The maximum absolute atomic E-state index is 16.2. The summed E-state index contributed by atoms with van der Waals surface area (Å²) >= 11 is 0. The minimum absolute atomic E-state index is 0.00718. The molecule has 23 atom stereocenters. The van der Waals surface area contributed by atoms with Crippen LogP contribution in [0.4, 0.5) is 0 Å². The number of nitrogens with two attached hydrogens (primary N) is 2. The molecule has 9 aliphatic rings. The number of aliphatic hydroxyl groups excluding tert-OH is 5. The highest BCUT2D eigenvalue weighted by atomic mass is 33.1. The normalized spacial score (nSPS) is 43.9. The van der Waals surface area contributed by atoms with Gasteiger partial charge in [-0.15, -0.1) is 5.92 Å². The van der Waals surface area contributed by atoms with Crippen molar-refractivity contribution in [1.29, 1.82) is 0 Å². The summed E-state index contributed by atoms with van der Waals surface area (Å²) in [4.78, 5) is 53.0. The molecule has 14 N–H and O–H groups in total. The Hall–Kier alpha value is -4.36. The van der Waals surface area contributed by atoms with Crippen LogP contribution in [0, 0.1) is 93.7 Å². The van der Waals surface area contributed by atoms with E-state index in [2.05, 4.69) is 40.1 Å². The largest absolute Gasteiger partial charge is 0.508 e. The van der Waals surface area contributed by atoms with E-state index in [1.807, 2.05) is 32.3 Å². The number of nitrogens with zero attached hydrogens (tertiary/aromatic N) is 1. The lowest BCUT2D eigenvalue weighted by molar-refractivity contribution is -0.194. The number of benzene rings is 1. The highest BCUT2D eigenvalue weighted by Crippen LogP contribution is 2.73. The van der Waals surface area contributed by atoms with Crippen LogP contribution in [0.3, 0.4) is 0 Å². The van der Waals surface area contributed by atoms with Gasteiger partial charge in [0.05, 0.1) is 47.7 Å². The Morgan fingerprint density at radius 2 is 1.69 bits per heavy atom. The van der Waals surface area contributed by atoms with Crippen LogP contribution in [0.15, 0.2) is 70.6 Å². The quantitative estimate of drug-likeness (QED) is 0.0342. The number of hydrogen-bond donors (Lipinski definition) is 12. The highest BCUT2D eigenvalue weighted by molar-refractivity contribution is 8.76. The molecular formula is C66H91N5O12S2. The molecule has 2 aromatic rings. The number of allylic oxidation sites excluding steroid dienone is 3. The summed E-state index contributed by atoms with van der Waals surface area (Å²) in [6.45, 7) is 6.96. The Balaban J connectivity index is 1.10. The first-order chi connectivity index (χ1) is 40.6. The van der Waals surface area contributed by atoms with E-state index in [1.165, 1.54) is 27.2 Å². The van der Waals surface area contributed by atoms with E-state index in [-0.39, 0.29) is 129 Å². The van der Waals surface area contributed by atoms with E-state index in [4.69, 9.17) is 16.2 Å². The second kappa shape index (κ2) is 24.5. The second-order valence-corrected chi connectivity index (χ2v) is 30.3. The lowest BCUT2D eigenvalue weighted by Crippen LogP contribution is -2.67. The zero-order valence-electron chi connectivity index (χ0n) is 49.7. The number of aromatic nitrogens is 1. The van der Waals surface area contributed by atoms with Crippen LogP contribution in [0.25, 0.3) is 0 Å². The van der Waals surface area contributed by atoms with Gasteiger partial charge >= 0.3 is 5.97 Å². The Morgan fingerprint density at radius 3 is 2.40 bits per heavy atom. The summed E-state index contributed by atoms with van der Waals surface area (Å²) in [7, 11) is 2.96. The van der Waals surface area contributed by atoms with Crippen molar-refractivity contribution >= 4 is 45.1 Å². The number of phenols is 1. The number of ether oxygens (including phenoxy) is 1. The number of fused-ring (bicyclic) bond motifs is 10. The first-order valence-electron chi connectivity index (χ1n) is 31.5. The Morgan fingerprint density at radius 1 is 0.929 bits per heavy atom. The van der Waals surface area contributed by atoms with Gasteiger partial charge in [-0.25, -0.2) is 0 Å². The third kappa shape index (κ3) is 10.9. The SMILES string of the molecule is CCC1OC(=O)C(c2cc[nH]c2)C1C1C#CCC2CC3(O)C4=C5NC(CO)C(=O)CC(c6ccc(O)cc6)CSSCC6C(O)C(O)CC(C)(C4CCC3(CCN=C(N)N)C2C(C)(O)C(O)CC(CO)C2CC=C3CCC(C)CC3C2C1)C6C5=O. The predicted octanol–water partition coefficient (Wildman–Crippen LogP) is 5.99. The smallest absolute Gasteiger partial charge is 0.314 e. The Labute approximate surface area is 507 Å². The van der Waals surface area contributed by atoms with Gasteiger partial charge in [0.25, 0.3) is 0 Å². The number of rotatable bonds is 9. The number of nitrogens with one attached hydrogen (secondary N) is 2. The summed E-state index contributed by atoms with van der Waals surface area (Å²) in [6.07, 6.45) is 7.22. The summed E-state index contributed by atoms with van der Waals surface area (Å²) < 4.78 is 6.29. The van der Waals surface area contributed by atoms with Crippen molar-refractivity contribution in [3.8, 4) is 17.6 Å². The number of Topliss-reactive ketones (excluding diaryl/α,β-unsaturated/α-hetero) is 2. The van der Waals surface area contributed by atoms with Gasteiger partial charge in [0.2, 0.25) is 0 Å². The van der Waals surface area contributed by atoms with E-state index < -0.39 is 106 Å². The zero-order valence-corrected chi connectivity index (χ0v) is 51.3. The number of aliphatic hydroxyl groups is 7. The average Bonchev–Trinajstić information content (AvgIpc) is 1.63. The minimum atomic E-state index is -2.02. The number of aromatic hydroxyl groups is 1. The second-order valence-electron chi connectivity index (χ2n) is 27.8. The Kier molecular flexibility index (Phi) is 18.0. The third-order valence-electron chi connectivity index (χ3n) is 23.3. The van der Waals surface area contributed by atoms with Gasteiger partial charge in [-0.2, -0.15) is 0 Å². The van der Waals surface area contributed by atoms with Crippen molar-refractivity contribution < 1.29 is 60.0 Å². The number of esters is 1. The zero-order chi connectivity index (χ0) is 60.5. The first-order valence-corrected chi connectivity index (χ1v) is 34.0. The molecule has 19 heteroatoms. The number of aromatic amines is 1. The van der Waals surface area contributed by atoms with Crippen molar-refractivity contribution in [2.45, 2.75) is 171 Å². The van der Waals surface area contributed by atoms with Gasteiger partial charge in [0.1, 0.15) is 17.9 Å². The van der Waals surface area contributed by atoms with Crippen LogP contribution in [0.5, 0.6) is 5.75 Å². The molecule has 0 spiro atoms. The van der Waals surface area contributed by atoms with E-state index in [1.54, 1.807) is 31.2 Å². The van der Waals surface area contributed by atoms with Crippen molar-refractivity contribution in [1.82, 2.24) is 10.3 Å². The number of phenolic OH excluding ortho intramolecular Hbond substituents is 1. The topological polar surface area (TPSA) is 315 Å². The van der Waals surface area contributed by atoms with Gasteiger partial charge < -0.3 is 67.4 Å². The van der Waals surface area contributed by atoms with E-state index >= 15 is 4.79 Å². The minimum Gasteiger partial charge on any atom is -0.508 e. The van der Waals surface area contributed by atoms with Gasteiger partial charge in [-0.05, 0) is 166 Å². The predicted molar refractivity (Wildman–Crippen MR) is 326 cm³/mol. The van der Waals surface area contributed by atoms with E-state index in [9.17, 15) is 50.4 Å². The third-order valence-corrected chi connectivity index (χ3v) is 25.9. The molecule has 464 valence electrons. The molecule has 4 saturated carbocycles. The molecule has 2 saturated heterocycles. The summed E-state index contributed by atoms with van der Waals surface area (Å²) in [5.41, 5.74) is 9.00. The number of guanidine groups is 1. The number of carbonyl (C=O) groups excluding carboxylic acids is 3.